The maximum atomic E-state index is 12.3. The van der Waals surface area contributed by atoms with Gasteiger partial charge < -0.3 is 5.32 Å². The second kappa shape index (κ2) is 5.23. The van der Waals surface area contributed by atoms with Crippen LogP contribution < -0.4 is 5.32 Å². The lowest BCUT2D eigenvalue weighted by atomic mass is 9.84. The van der Waals surface area contributed by atoms with Crippen LogP contribution in [-0.4, -0.2) is 15.7 Å². The molecular weight excluding hydrogens is 286 g/mol. The molecule has 116 valence electrons. The zero-order valence-electron chi connectivity index (χ0n) is 13.3. The Morgan fingerprint density at radius 3 is 2.74 bits per heavy atom. The van der Waals surface area contributed by atoms with Gasteiger partial charge in [0, 0.05) is 23.9 Å². The fourth-order valence-electron chi connectivity index (χ4n) is 3.46. The van der Waals surface area contributed by atoms with E-state index in [2.05, 4.69) is 54.6 Å². The van der Waals surface area contributed by atoms with E-state index in [0.29, 0.717) is 6.42 Å². The van der Waals surface area contributed by atoms with Gasteiger partial charge in [-0.3, -0.25) is 4.79 Å². The van der Waals surface area contributed by atoms with E-state index in [1.807, 2.05) is 23.0 Å². The summed E-state index contributed by atoms with van der Waals surface area (Å²) in [7, 11) is 0. The Labute approximate surface area is 135 Å². The molecule has 23 heavy (non-hydrogen) atoms. The van der Waals surface area contributed by atoms with E-state index in [1.54, 1.807) is 0 Å². The number of fused-ring (bicyclic) bond motifs is 2. The average Bonchev–Trinajstić information content (AvgIpc) is 2.97. The smallest absolute Gasteiger partial charge is 0.226 e. The molecule has 1 aliphatic heterocycles. The first-order valence-corrected chi connectivity index (χ1v) is 8.00. The van der Waals surface area contributed by atoms with Crippen molar-refractivity contribution in [2.24, 2.45) is 0 Å². The number of amides is 1. The quantitative estimate of drug-likeness (QED) is 0.775. The molecule has 1 N–H and O–H groups in total. The summed E-state index contributed by atoms with van der Waals surface area (Å²) in [6, 6.07) is 14.9. The Kier molecular flexibility index (Phi) is 3.18. The maximum absolute atomic E-state index is 12.3. The molecule has 1 unspecified atom stereocenters. The molecule has 4 nitrogen and oxygen atoms in total. The molecule has 2 heterocycles. The van der Waals surface area contributed by atoms with Crippen LogP contribution in [-0.2, 0) is 4.79 Å². The summed E-state index contributed by atoms with van der Waals surface area (Å²) in [6.07, 6.45) is 2.37. The summed E-state index contributed by atoms with van der Waals surface area (Å²) in [5.74, 6) is 0.948. The standard InChI is InChI=1S/C19H19N3O/c1-12(2)22-19-17(11-20-22)16(10-18(23)21-19)15-9-5-7-13-6-3-4-8-14(13)15/h3-9,11-12,16H,10H2,1-2H3,(H,21,23). The third kappa shape index (κ3) is 2.22. The fraction of sp³-hybridized carbons (Fsp3) is 0.263. The fourth-order valence-corrected chi connectivity index (χ4v) is 3.46. The number of nitrogens with zero attached hydrogens (tertiary/aromatic N) is 2. The highest BCUT2D eigenvalue weighted by Gasteiger charge is 2.31. The lowest BCUT2D eigenvalue weighted by Crippen LogP contribution is -2.25. The van der Waals surface area contributed by atoms with Crippen molar-refractivity contribution in [2.45, 2.75) is 32.2 Å². The van der Waals surface area contributed by atoms with Gasteiger partial charge in [0.2, 0.25) is 5.91 Å². The molecule has 0 fully saturated rings. The van der Waals surface area contributed by atoms with Crippen molar-refractivity contribution < 1.29 is 4.79 Å². The topological polar surface area (TPSA) is 46.9 Å². The van der Waals surface area contributed by atoms with E-state index in [1.165, 1.54) is 16.3 Å². The van der Waals surface area contributed by atoms with Crippen molar-refractivity contribution in [2.75, 3.05) is 5.32 Å². The second-order valence-corrected chi connectivity index (χ2v) is 6.36. The number of nitrogens with one attached hydrogen (secondary N) is 1. The van der Waals surface area contributed by atoms with Crippen LogP contribution in [0, 0.1) is 0 Å². The minimum absolute atomic E-state index is 0.0531. The Hall–Kier alpha value is -2.62. The highest BCUT2D eigenvalue weighted by atomic mass is 16.1. The van der Waals surface area contributed by atoms with Gasteiger partial charge in [-0.25, -0.2) is 4.68 Å². The predicted octanol–water partition coefficient (Wildman–Crippen LogP) is 4.09. The molecule has 1 aromatic heterocycles. The van der Waals surface area contributed by atoms with Crippen molar-refractivity contribution in [3.63, 3.8) is 0 Å². The van der Waals surface area contributed by atoms with E-state index in [9.17, 15) is 4.79 Å². The zero-order chi connectivity index (χ0) is 16.0. The van der Waals surface area contributed by atoms with E-state index in [4.69, 9.17) is 0 Å². The van der Waals surface area contributed by atoms with Gasteiger partial charge in [0.1, 0.15) is 5.82 Å². The number of hydrogen-bond acceptors (Lipinski definition) is 2. The summed E-state index contributed by atoms with van der Waals surface area (Å²) >= 11 is 0. The highest BCUT2D eigenvalue weighted by molar-refractivity contribution is 5.96. The number of rotatable bonds is 2. The molecular formula is C19H19N3O. The number of aromatic nitrogens is 2. The van der Waals surface area contributed by atoms with Crippen LogP contribution in [0.2, 0.25) is 0 Å². The summed E-state index contributed by atoms with van der Waals surface area (Å²) in [5, 5.41) is 9.90. The van der Waals surface area contributed by atoms with Gasteiger partial charge in [0.25, 0.3) is 0 Å². The molecule has 1 amide bonds. The minimum Gasteiger partial charge on any atom is -0.311 e. The summed E-state index contributed by atoms with van der Waals surface area (Å²) in [6.45, 7) is 4.14. The molecule has 3 aromatic rings. The van der Waals surface area contributed by atoms with Crippen LogP contribution in [0.15, 0.2) is 48.7 Å². The van der Waals surface area contributed by atoms with Crippen LogP contribution >= 0.6 is 0 Å². The van der Waals surface area contributed by atoms with Crippen LogP contribution in [0.25, 0.3) is 10.8 Å². The van der Waals surface area contributed by atoms with Crippen molar-refractivity contribution in [1.29, 1.82) is 0 Å². The molecule has 0 radical (unpaired) electrons. The Bertz CT molecular complexity index is 889. The third-order valence-electron chi connectivity index (χ3n) is 4.53. The van der Waals surface area contributed by atoms with Crippen LogP contribution in [0.3, 0.4) is 0 Å². The lowest BCUT2D eigenvalue weighted by Gasteiger charge is -2.25. The lowest BCUT2D eigenvalue weighted by molar-refractivity contribution is -0.116. The van der Waals surface area contributed by atoms with Crippen molar-refractivity contribution in [1.82, 2.24) is 9.78 Å². The van der Waals surface area contributed by atoms with Gasteiger partial charge in [-0.15, -0.1) is 0 Å². The minimum atomic E-state index is 0.0531. The molecule has 4 rings (SSSR count). The Morgan fingerprint density at radius 2 is 1.91 bits per heavy atom. The summed E-state index contributed by atoms with van der Waals surface area (Å²) in [4.78, 5) is 12.3. The molecule has 1 aliphatic rings. The van der Waals surface area contributed by atoms with Gasteiger partial charge in [-0.1, -0.05) is 42.5 Å². The number of anilines is 1. The first kappa shape index (κ1) is 14.0. The maximum Gasteiger partial charge on any atom is 0.226 e. The zero-order valence-corrected chi connectivity index (χ0v) is 13.3. The largest absolute Gasteiger partial charge is 0.311 e. The molecule has 0 bridgehead atoms. The highest BCUT2D eigenvalue weighted by Crippen LogP contribution is 2.40. The molecule has 0 saturated heterocycles. The molecule has 0 aliphatic carbocycles. The Balaban J connectivity index is 1.91. The van der Waals surface area contributed by atoms with Crippen LogP contribution in [0.4, 0.5) is 5.82 Å². The van der Waals surface area contributed by atoms with Crippen molar-refractivity contribution in [3.8, 4) is 0 Å². The third-order valence-corrected chi connectivity index (χ3v) is 4.53. The normalized spacial score (nSPS) is 17.3. The molecule has 0 spiro atoms. The van der Waals surface area contributed by atoms with Crippen molar-refractivity contribution in [3.05, 3.63) is 59.8 Å². The number of carbonyl (C=O) groups is 1. The van der Waals surface area contributed by atoms with Gasteiger partial charge >= 0.3 is 0 Å². The van der Waals surface area contributed by atoms with Gasteiger partial charge in [-0.2, -0.15) is 5.10 Å². The van der Waals surface area contributed by atoms with Gasteiger partial charge in [-0.05, 0) is 30.2 Å². The van der Waals surface area contributed by atoms with Crippen LogP contribution in [0.5, 0.6) is 0 Å². The molecule has 1 atom stereocenters. The molecule has 4 heteroatoms. The predicted molar refractivity (Wildman–Crippen MR) is 91.6 cm³/mol. The second-order valence-electron chi connectivity index (χ2n) is 6.36. The Morgan fingerprint density at radius 1 is 1.13 bits per heavy atom. The van der Waals surface area contributed by atoms with Crippen LogP contribution in [0.1, 0.15) is 43.4 Å². The number of hydrogen-bond donors (Lipinski definition) is 1. The van der Waals surface area contributed by atoms with E-state index < -0.39 is 0 Å². The number of carbonyl (C=O) groups excluding carboxylic acids is 1. The van der Waals surface area contributed by atoms with Crippen molar-refractivity contribution >= 4 is 22.5 Å². The number of benzene rings is 2. The monoisotopic (exact) mass is 305 g/mol. The van der Waals surface area contributed by atoms with E-state index >= 15 is 0 Å². The van der Waals surface area contributed by atoms with Gasteiger partial charge in [0.15, 0.2) is 0 Å². The average molecular weight is 305 g/mol. The summed E-state index contributed by atoms with van der Waals surface area (Å²) < 4.78 is 1.89. The van der Waals surface area contributed by atoms with Gasteiger partial charge in [0.05, 0.1) is 6.20 Å². The molecule has 0 saturated carbocycles. The first-order valence-electron chi connectivity index (χ1n) is 8.00. The SMILES string of the molecule is CC(C)n1ncc2c1NC(=O)CC2c1cccc2ccccc12. The summed E-state index contributed by atoms with van der Waals surface area (Å²) in [5.41, 5.74) is 2.30. The first-order chi connectivity index (χ1) is 11.1. The van der Waals surface area contributed by atoms with E-state index in [-0.39, 0.29) is 17.9 Å². The molecule has 2 aromatic carbocycles. The van der Waals surface area contributed by atoms with E-state index in [0.717, 1.165) is 11.4 Å².